The van der Waals surface area contributed by atoms with E-state index in [1.807, 2.05) is 47.0 Å². The summed E-state index contributed by atoms with van der Waals surface area (Å²) in [6, 6.07) is 7.85. The number of nitrogens with one attached hydrogen (secondary N) is 1. The standard InChI is InChI=1S/C18H21ClN4O.ClH/c1-22-8-7-21-17(22)16-11-20-6-9-23(16)18(24)14-10-13(14)12-4-2-3-5-15(12)19;/h2-5,7-8,13-14,16,20H,6,9-11H2,1H3;1H. The Balaban J connectivity index is 0.00000182. The quantitative estimate of drug-likeness (QED) is 0.890. The molecule has 1 N–H and O–H groups in total. The van der Waals surface area contributed by atoms with E-state index in [9.17, 15) is 4.79 Å². The predicted molar refractivity (Wildman–Crippen MR) is 100 cm³/mol. The van der Waals surface area contributed by atoms with Gasteiger partial charge in [-0.05, 0) is 24.0 Å². The zero-order valence-corrected chi connectivity index (χ0v) is 15.6. The Bertz CT molecular complexity index is 763. The summed E-state index contributed by atoms with van der Waals surface area (Å²) in [6.45, 7) is 2.30. The van der Waals surface area contributed by atoms with Crippen LogP contribution in [0.1, 0.15) is 29.8 Å². The Labute approximate surface area is 158 Å². The molecule has 7 heteroatoms. The lowest BCUT2D eigenvalue weighted by Gasteiger charge is -2.36. The van der Waals surface area contributed by atoms with Gasteiger partial charge in [0.2, 0.25) is 5.91 Å². The van der Waals surface area contributed by atoms with E-state index in [1.165, 1.54) is 0 Å². The minimum absolute atomic E-state index is 0. The van der Waals surface area contributed by atoms with Crippen molar-refractivity contribution in [2.24, 2.45) is 13.0 Å². The van der Waals surface area contributed by atoms with Gasteiger partial charge in [-0.25, -0.2) is 4.98 Å². The lowest BCUT2D eigenvalue weighted by molar-refractivity contribution is -0.136. The summed E-state index contributed by atoms with van der Waals surface area (Å²) in [5, 5.41) is 4.14. The molecule has 4 rings (SSSR count). The molecular weight excluding hydrogens is 359 g/mol. The highest BCUT2D eigenvalue weighted by Crippen LogP contribution is 2.51. The molecule has 1 aromatic heterocycles. The van der Waals surface area contributed by atoms with Crippen molar-refractivity contribution >= 4 is 29.9 Å². The van der Waals surface area contributed by atoms with E-state index >= 15 is 0 Å². The van der Waals surface area contributed by atoms with E-state index in [-0.39, 0.29) is 36.2 Å². The number of aryl methyl sites for hydroxylation is 1. The largest absolute Gasteiger partial charge is 0.336 e. The number of rotatable bonds is 3. The fraction of sp³-hybridized carbons (Fsp3) is 0.444. The molecule has 1 aliphatic heterocycles. The number of carbonyl (C=O) groups excluding carboxylic acids is 1. The molecule has 2 heterocycles. The Morgan fingerprint density at radius 2 is 2.16 bits per heavy atom. The minimum atomic E-state index is -0.00116. The fourth-order valence-electron chi connectivity index (χ4n) is 3.70. The summed E-state index contributed by atoms with van der Waals surface area (Å²) in [5.74, 6) is 1.47. The van der Waals surface area contributed by atoms with Gasteiger partial charge in [0, 0.05) is 50.0 Å². The molecule has 2 fully saturated rings. The van der Waals surface area contributed by atoms with Gasteiger partial charge in [-0.2, -0.15) is 0 Å². The first-order valence-electron chi connectivity index (χ1n) is 8.39. The van der Waals surface area contributed by atoms with E-state index in [0.29, 0.717) is 0 Å². The average molecular weight is 381 g/mol. The van der Waals surface area contributed by atoms with Crippen LogP contribution in [0.25, 0.3) is 0 Å². The SMILES string of the molecule is Cl.Cn1ccnc1C1CNCCN1C(=O)C1CC1c1ccccc1Cl. The van der Waals surface area contributed by atoms with Crippen LogP contribution in [0.3, 0.4) is 0 Å². The summed E-state index contributed by atoms with van der Waals surface area (Å²) in [4.78, 5) is 19.5. The van der Waals surface area contributed by atoms with Crippen molar-refractivity contribution in [3.8, 4) is 0 Å². The second kappa shape index (κ2) is 7.36. The van der Waals surface area contributed by atoms with E-state index in [4.69, 9.17) is 11.6 Å². The maximum atomic E-state index is 13.1. The monoisotopic (exact) mass is 380 g/mol. The van der Waals surface area contributed by atoms with Crippen LogP contribution in [-0.4, -0.2) is 40.0 Å². The van der Waals surface area contributed by atoms with Crippen LogP contribution >= 0.6 is 24.0 Å². The molecule has 134 valence electrons. The lowest BCUT2D eigenvalue weighted by atomic mass is 10.1. The number of imidazole rings is 1. The summed E-state index contributed by atoms with van der Waals surface area (Å²) in [6.07, 6.45) is 4.60. The van der Waals surface area contributed by atoms with Crippen LogP contribution in [0.15, 0.2) is 36.7 Å². The molecule has 0 spiro atoms. The van der Waals surface area contributed by atoms with Crippen LogP contribution in [-0.2, 0) is 11.8 Å². The molecule has 25 heavy (non-hydrogen) atoms. The van der Waals surface area contributed by atoms with Gasteiger partial charge in [0.1, 0.15) is 11.9 Å². The van der Waals surface area contributed by atoms with Crippen LogP contribution in [0, 0.1) is 5.92 Å². The number of nitrogens with zero attached hydrogens (tertiary/aromatic N) is 3. The molecule has 0 radical (unpaired) electrons. The van der Waals surface area contributed by atoms with E-state index < -0.39 is 0 Å². The van der Waals surface area contributed by atoms with Gasteiger partial charge < -0.3 is 14.8 Å². The smallest absolute Gasteiger partial charge is 0.227 e. The zero-order chi connectivity index (χ0) is 16.7. The van der Waals surface area contributed by atoms with Gasteiger partial charge in [0.05, 0.1) is 0 Å². The number of hydrogen-bond donors (Lipinski definition) is 1. The van der Waals surface area contributed by atoms with Crippen molar-refractivity contribution in [3.05, 3.63) is 53.1 Å². The van der Waals surface area contributed by atoms with Crippen LogP contribution in [0.2, 0.25) is 5.02 Å². The van der Waals surface area contributed by atoms with Gasteiger partial charge in [0.15, 0.2) is 0 Å². The molecule has 1 amide bonds. The van der Waals surface area contributed by atoms with Crippen molar-refractivity contribution in [2.45, 2.75) is 18.4 Å². The number of piperazine rings is 1. The van der Waals surface area contributed by atoms with Crippen LogP contribution in [0.5, 0.6) is 0 Å². The Kier molecular flexibility index (Phi) is 5.37. The van der Waals surface area contributed by atoms with Gasteiger partial charge in [-0.15, -0.1) is 12.4 Å². The lowest BCUT2D eigenvalue weighted by Crippen LogP contribution is -2.50. The molecular formula is C18H22Cl2N4O. The summed E-state index contributed by atoms with van der Waals surface area (Å²) >= 11 is 6.30. The van der Waals surface area contributed by atoms with Gasteiger partial charge in [-0.1, -0.05) is 29.8 Å². The molecule has 1 aromatic carbocycles. The third kappa shape index (κ3) is 3.41. The summed E-state index contributed by atoms with van der Waals surface area (Å²) in [5.41, 5.74) is 1.10. The normalized spacial score (nSPS) is 25.4. The van der Waals surface area contributed by atoms with Gasteiger partial charge >= 0.3 is 0 Å². The van der Waals surface area contributed by atoms with Crippen molar-refractivity contribution < 1.29 is 4.79 Å². The summed E-state index contributed by atoms with van der Waals surface area (Å²) < 4.78 is 2.00. The highest BCUT2D eigenvalue weighted by Gasteiger charge is 2.48. The second-order valence-corrected chi connectivity index (χ2v) is 7.03. The number of hydrogen-bond acceptors (Lipinski definition) is 3. The van der Waals surface area contributed by atoms with E-state index in [1.54, 1.807) is 6.20 Å². The first kappa shape index (κ1) is 18.2. The third-order valence-corrected chi connectivity index (χ3v) is 5.44. The number of amides is 1. The van der Waals surface area contributed by atoms with Gasteiger partial charge in [0.25, 0.3) is 0 Å². The van der Waals surface area contributed by atoms with Crippen molar-refractivity contribution in [1.29, 1.82) is 0 Å². The molecule has 1 aliphatic carbocycles. The number of halogens is 2. The minimum Gasteiger partial charge on any atom is -0.336 e. The third-order valence-electron chi connectivity index (χ3n) is 5.10. The van der Waals surface area contributed by atoms with Crippen molar-refractivity contribution in [1.82, 2.24) is 19.8 Å². The first-order chi connectivity index (χ1) is 11.7. The fourth-order valence-corrected chi connectivity index (χ4v) is 3.97. The highest BCUT2D eigenvalue weighted by molar-refractivity contribution is 6.31. The molecule has 0 bridgehead atoms. The number of carbonyl (C=O) groups is 1. The molecule has 5 nitrogen and oxygen atoms in total. The first-order valence-corrected chi connectivity index (χ1v) is 8.77. The molecule has 3 atom stereocenters. The topological polar surface area (TPSA) is 50.2 Å². The molecule has 3 unspecified atom stereocenters. The number of aromatic nitrogens is 2. The Hall–Kier alpha value is -1.56. The van der Waals surface area contributed by atoms with E-state index in [2.05, 4.69) is 10.3 Å². The Morgan fingerprint density at radius 1 is 1.36 bits per heavy atom. The summed E-state index contributed by atoms with van der Waals surface area (Å²) in [7, 11) is 1.98. The second-order valence-electron chi connectivity index (χ2n) is 6.62. The maximum absolute atomic E-state index is 13.1. The van der Waals surface area contributed by atoms with Crippen LogP contribution in [0.4, 0.5) is 0 Å². The zero-order valence-electron chi connectivity index (χ0n) is 14.1. The predicted octanol–water partition coefficient (Wildman–Crippen LogP) is 2.77. The Morgan fingerprint density at radius 3 is 2.88 bits per heavy atom. The molecule has 1 saturated heterocycles. The van der Waals surface area contributed by atoms with Crippen molar-refractivity contribution in [2.75, 3.05) is 19.6 Å². The average Bonchev–Trinajstić information content (AvgIpc) is 3.28. The maximum Gasteiger partial charge on any atom is 0.227 e. The molecule has 2 aromatic rings. The van der Waals surface area contributed by atoms with E-state index in [0.717, 1.165) is 42.5 Å². The molecule has 1 saturated carbocycles. The van der Waals surface area contributed by atoms with Gasteiger partial charge in [-0.3, -0.25) is 4.79 Å². The number of benzene rings is 1. The molecule has 2 aliphatic rings. The van der Waals surface area contributed by atoms with Crippen molar-refractivity contribution in [3.63, 3.8) is 0 Å². The highest BCUT2D eigenvalue weighted by atomic mass is 35.5. The van der Waals surface area contributed by atoms with Crippen LogP contribution < -0.4 is 5.32 Å².